The summed E-state index contributed by atoms with van der Waals surface area (Å²) in [7, 11) is -3.94. The van der Waals surface area contributed by atoms with Gasteiger partial charge in [0, 0.05) is 11.8 Å². The molecule has 0 aromatic heterocycles. The number of sulfone groups is 1. The average Bonchev–Trinajstić information content (AvgIpc) is 2.07. The van der Waals surface area contributed by atoms with Crippen molar-refractivity contribution in [3.8, 4) is 5.75 Å². The van der Waals surface area contributed by atoms with Gasteiger partial charge in [0.25, 0.3) is 0 Å². The fraction of sp³-hybridized carbons (Fsp3) is 0.222. The van der Waals surface area contributed by atoms with E-state index in [9.17, 15) is 22.7 Å². The lowest BCUT2D eigenvalue weighted by Gasteiger charge is -2.07. The molecular formula is C9H9FO5S. The van der Waals surface area contributed by atoms with Crippen LogP contribution in [0.25, 0.3) is 0 Å². The molecule has 0 aliphatic carbocycles. The van der Waals surface area contributed by atoms with Gasteiger partial charge in [0.2, 0.25) is 0 Å². The summed E-state index contributed by atoms with van der Waals surface area (Å²) in [5.41, 5.74) is -0.286. The summed E-state index contributed by atoms with van der Waals surface area (Å²) >= 11 is 0. The van der Waals surface area contributed by atoms with E-state index >= 15 is 0 Å². The van der Waals surface area contributed by atoms with E-state index < -0.39 is 38.7 Å². The van der Waals surface area contributed by atoms with Gasteiger partial charge >= 0.3 is 5.97 Å². The number of rotatable bonds is 3. The van der Waals surface area contributed by atoms with Gasteiger partial charge in [0.15, 0.2) is 9.84 Å². The van der Waals surface area contributed by atoms with Crippen LogP contribution in [-0.2, 0) is 21.1 Å². The van der Waals surface area contributed by atoms with E-state index in [2.05, 4.69) is 0 Å². The summed E-state index contributed by atoms with van der Waals surface area (Å²) in [5.74, 6) is -3.23. The molecule has 1 aromatic carbocycles. The smallest absolute Gasteiger partial charge is 0.307 e. The molecular weight excluding hydrogens is 239 g/mol. The van der Waals surface area contributed by atoms with Crippen LogP contribution >= 0.6 is 0 Å². The maximum absolute atomic E-state index is 13.6. The molecule has 0 aliphatic heterocycles. The third-order valence-electron chi connectivity index (χ3n) is 1.87. The van der Waals surface area contributed by atoms with Crippen LogP contribution < -0.4 is 0 Å². The molecule has 5 nitrogen and oxygen atoms in total. The second-order valence-electron chi connectivity index (χ2n) is 3.23. The average molecular weight is 248 g/mol. The van der Waals surface area contributed by atoms with Crippen LogP contribution in [0.4, 0.5) is 4.39 Å². The quantitative estimate of drug-likeness (QED) is 0.815. The molecule has 0 bridgehead atoms. The topological polar surface area (TPSA) is 91.7 Å². The number of hydrogen-bond acceptors (Lipinski definition) is 4. The fourth-order valence-electron chi connectivity index (χ4n) is 1.24. The van der Waals surface area contributed by atoms with Gasteiger partial charge in [0.05, 0.1) is 6.42 Å². The summed E-state index contributed by atoms with van der Waals surface area (Å²) in [6.07, 6.45) is 0.0876. The van der Waals surface area contributed by atoms with Crippen LogP contribution in [0.2, 0.25) is 0 Å². The van der Waals surface area contributed by atoms with E-state index in [0.717, 1.165) is 18.4 Å². The molecule has 0 saturated heterocycles. The van der Waals surface area contributed by atoms with E-state index in [1.165, 1.54) is 0 Å². The van der Waals surface area contributed by atoms with Crippen LogP contribution in [0.3, 0.4) is 0 Å². The molecule has 0 saturated carbocycles. The Kier molecular flexibility index (Phi) is 3.18. The Morgan fingerprint density at radius 1 is 1.44 bits per heavy atom. The number of phenols is 1. The van der Waals surface area contributed by atoms with Gasteiger partial charge in [-0.15, -0.1) is 0 Å². The first kappa shape index (κ1) is 12.4. The number of aliphatic carboxylic acids is 1. The number of carbonyl (C=O) groups is 1. The highest BCUT2D eigenvalue weighted by atomic mass is 32.2. The van der Waals surface area contributed by atoms with Crippen LogP contribution in [0, 0.1) is 5.82 Å². The zero-order valence-electron chi connectivity index (χ0n) is 8.27. The second kappa shape index (κ2) is 4.09. The minimum Gasteiger partial charge on any atom is -0.506 e. The molecule has 0 aliphatic rings. The van der Waals surface area contributed by atoms with Crippen molar-refractivity contribution >= 4 is 15.8 Å². The minimum atomic E-state index is -3.94. The Labute approximate surface area is 91.1 Å². The summed E-state index contributed by atoms with van der Waals surface area (Å²) in [4.78, 5) is 9.52. The zero-order valence-corrected chi connectivity index (χ0v) is 9.08. The number of carboxylic acids is 1. The lowest BCUT2D eigenvalue weighted by molar-refractivity contribution is -0.136. The highest BCUT2D eigenvalue weighted by Crippen LogP contribution is 2.28. The number of phenolic OH excluding ortho intramolecular Hbond substituents is 1. The molecule has 88 valence electrons. The Balaban J connectivity index is 3.45. The van der Waals surface area contributed by atoms with Crippen molar-refractivity contribution in [3.05, 3.63) is 23.5 Å². The van der Waals surface area contributed by atoms with Crippen LogP contribution in [0.5, 0.6) is 5.75 Å². The standard InChI is InChI=1S/C9H9FO5S/c1-16(14,15)9-6(11)3-2-5(8(9)10)4-7(12)13/h2-3,11H,4H2,1H3,(H,12,13). The Morgan fingerprint density at radius 2 is 2.00 bits per heavy atom. The normalized spacial score (nSPS) is 11.4. The largest absolute Gasteiger partial charge is 0.506 e. The van der Waals surface area contributed by atoms with E-state index in [0.29, 0.717) is 0 Å². The summed E-state index contributed by atoms with van der Waals surface area (Å²) < 4.78 is 35.9. The summed E-state index contributed by atoms with van der Waals surface area (Å²) in [6, 6.07) is 1.99. The van der Waals surface area contributed by atoms with E-state index in [1.54, 1.807) is 0 Å². The number of benzene rings is 1. The molecule has 2 N–H and O–H groups in total. The van der Waals surface area contributed by atoms with Crippen molar-refractivity contribution in [2.75, 3.05) is 6.26 Å². The van der Waals surface area contributed by atoms with Gasteiger partial charge < -0.3 is 10.2 Å². The van der Waals surface area contributed by atoms with Gasteiger partial charge in [0.1, 0.15) is 16.5 Å². The Bertz CT molecular complexity index is 535. The number of aromatic hydroxyl groups is 1. The molecule has 0 radical (unpaired) electrons. The van der Waals surface area contributed by atoms with Crippen LogP contribution in [0.15, 0.2) is 17.0 Å². The lowest BCUT2D eigenvalue weighted by atomic mass is 10.1. The van der Waals surface area contributed by atoms with Gasteiger partial charge in [-0.2, -0.15) is 0 Å². The molecule has 0 atom stereocenters. The molecule has 1 aromatic rings. The molecule has 0 spiro atoms. The lowest BCUT2D eigenvalue weighted by Crippen LogP contribution is -2.08. The van der Waals surface area contributed by atoms with Gasteiger partial charge in [-0.25, -0.2) is 12.8 Å². The van der Waals surface area contributed by atoms with Crippen molar-refractivity contribution in [1.29, 1.82) is 0 Å². The number of halogens is 1. The monoisotopic (exact) mass is 248 g/mol. The number of carboxylic acid groups (broad SMARTS) is 1. The highest BCUT2D eigenvalue weighted by molar-refractivity contribution is 7.90. The van der Waals surface area contributed by atoms with Crippen molar-refractivity contribution < 1.29 is 27.8 Å². The van der Waals surface area contributed by atoms with Crippen molar-refractivity contribution in [1.82, 2.24) is 0 Å². The molecule has 0 fully saturated rings. The third-order valence-corrected chi connectivity index (χ3v) is 3.00. The molecule has 16 heavy (non-hydrogen) atoms. The van der Waals surface area contributed by atoms with Crippen LogP contribution in [0.1, 0.15) is 5.56 Å². The fourth-order valence-corrected chi connectivity index (χ4v) is 2.14. The van der Waals surface area contributed by atoms with Crippen LogP contribution in [-0.4, -0.2) is 30.9 Å². The predicted octanol–water partition coefficient (Wildman–Crippen LogP) is 0.562. The van der Waals surface area contributed by atoms with Crippen molar-refractivity contribution in [2.45, 2.75) is 11.3 Å². The van der Waals surface area contributed by atoms with Crippen molar-refractivity contribution in [3.63, 3.8) is 0 Å². The number of hydrogen-bond donors (Lipinski definition) is 2. The molecule has 7 heteroatoms. The first-order valence-corrected chi connectivity index (χ1v) is 6.05. The third kappa shape index (κ3) is 2.48. The maximum atomic E-state index is 13.6. The minimum absolute atomic E-state index is 0.286. The highest BCUT2D eigenvalue weighted by Gasteiger charge is 2.22. The Hall–Kier alpha value is -1.63. The van der Waals surface area contributed by atoms with E-state index in [1.807, 2.05) is 0 Å². The SMILES string of the molecule is CS(=O)(=O)c1c(O)ccc(CC(=O)O)c1F. The first-order valence-electron chi connectivity index (χ1n) is 4.15. The molecule has 0 amide bonds. The van der Waals surface area contributed by atoms with Gasteiger partial charge in [-0.05, 0) is 6.07 Å². The van der Waals surface area contributed by atoms with Gasteiger partial charge in [-0.1, -0.05) is 6.07 Å². The molecule has 0 unspecified atom stereocenters. The molecule has 0 heterocycles. The maximum Gasteiger partial charge on any atom is 0.307 e. The van der Waals surface area contributed by atoms with Crippen molar-refractivity contribution in [2.24, 2.45) is 0 Å². The zero-order chi connectivity index (χ0) is 12.5. The first-order chi connectivity index (χ1) is 7.23. The molecule has 1 rings (SSSR count). The summed E-state index contributed by atoms with van der Waals surface area (Å²) in [5, 5.41) is 17.7. The Morgan fingerprint density at radius 3 is 2.44 bits per heavy atom. The van der Waals surface area contributed by atoms with Gasteiger partial charge in [-0.3, -0.25) is 4.79 Å². The van der Waals surface area contributed by atoms with E-state index in [-0.39, 0.29) is 5.56 Å². The summed E-state index contributed by atoms with van der Waals surface area (Å²) in [6.45, 7) is 0. The second-order valence-corrected chi connectivity index (χ2v) is 5.18. The van der Waals surface area contributed by atoms with E-state index in [4.69, 9.17) is 5.11 Å². The predicted molar refractivity (Wildman–Crippen MR) is 52.5 cm³/mol.